The van der Waals surface area contributed by atoms with Crippen LogP contribution in [0.25, 0.3) is 0 Å². The van der Waals surface area contributed by atoms with Crippen LogP contribution in [0.3, 0.4) is 0 Å². The number of hydrogen-bond acceptors (Lipinski definition) is 7. The molecule has 0 aliphatic carbocycles. The van der Waals surface area contributed by atoms with Gasteiger partial charge in [0.15, 0.2) is 4.34 Å². The Bertz CT molecular complexity index is 942. The number of amides is 1. The Morgan fingerprint density at radius 1 is 1.31 bits per heavy atom. The molecule has 1 aromatic carbocycles. The summed E-state index contributed by atoms with van der Waals surface area (Å²) in [6, 6.07) is 6.80. The van der Waals surface area contributed by atoms with Crippen LogP contribution in [0.4, 0.5) is 5.13 Å². The molecule has 2 heterocycles. The van der Waals surface area contributed by atoms with Crippen LogP contribution in [0.2, 0.25) is 0 Å². The molecule has 1 fully saturated rings. The standard InChI is InChI=1S/C19H26N4O3S3/c1-13(2)12-27-19-22-21-18(28-19)20-17(24)15-5-4-10-23(11-15)29(25,26)16-8-6-14(3)7-9-16/h6-9,13,15H,4-5,10-12H2,1-3H3,(H,20,21,24)/t15-/m0/s1. The monoisotopic (exact) mass is 454 g/mol. The number of carbonyl (C=O) groups is 1. The largest absolute Gasteiger partial charge is 0.300 e. The van der Waals surface area contributed by atoms with Crippen LogP contribution in [0.15, 0.2) is 33.5 Å². The Morgan fingerprint density at radius 2 is 2.03 bits per heavy atom. The van der Waals surface area contributed by atoms with E-state index in [-0.39, 0.29) is 17.3 Å². The van der Waals surface area contributed by atoms with Crippen LogP contribution in [0, 0.1) is 18.8 Å². The van der Waals surface area contributed by atoms with Crippen molar-refractivity contribution in [3.8, 4) is 0 Å². The number of hydrogen-bond donors (Lipinski definition) is 1. The quantitative estimate of drug-likeness (QED) is 0.507. The molecule has 3 rings (SSSR count). The molecule has 0 saturated carbocycles. The molecule has 2 aromatic rings. The summed E-state index contributed by atoms with van der Waals surface area (Å²) in [5.74, 6) is 0.882. The Hall–Kier alpha value is -1.49. The second-order valence-electron chi connectivity index (χ2n) is 7.58. The second-order valence-corrected chi connectivity index (χ2v) is 11.8. The van der Waals surface area contributed by atoms with E-state index in [1.54, 1.807) is 36.0 Å². The van der Waals surface area contributed by atoms with E-state index in [0.29, 0.717) is 30.4 Å². The first-order valence-electron chi connectivity index (χ1n) is 9.59. The average molecular weight is 455 g/mol. The van der Waals surface area contributed by atoms with E-state index in [4.69, 9.17) is 0 Å². The molecular formula is C19H26N4O3S3. The first kappa shape index (κ1) is 22.2. The van der Waals surface area contributed by atoms with Gasteiger partial charge in [0, 0.05) is 18.8 Å². The van der Waals surface area contributed by atoms with Crippen LogP contribution in [0.5, 0.6) is 0 Å². The third kappa shape index (κ3) is 5.78. The first-order chi connectivity index (χ1) is 13.8. The highest BCUT2D eigenvalue weighted by Gasteiger charge is 2.33. The number of piperidine rings is 1. The van der Waals surface area contributed by atoms with Crippen molar-refractivity contribution < 1.29 is 13.2 Å². The van der Waals surface area contributed by atoms with Gasteiger partial charge in [-0.15, -0.1) is 10.2 Å². The molecule has 0 unspecified atom stereocenters. The van der Waals surface area contributed by atoms with Crippen molar-refractivity contribution in [2.24, 2.45) is 11.8 Å². The van der Waals surface area contributed by atoms with Crippen molar-refractivity contribution in [3.05, 3.63) is 29.8 Å². The lowest BCUT2D eigenvalue weighted by molar-refractivity contribution is -0.120. The second kappa shape index (κ2) is 9.55. The van der Waals surface area contributed by atoms with Gasteiger partial charge < -0.3 is 5.32 Å². The van der Waals surface area contributed by atoms with E-state index in [2.05, 4.69) is 29.4 Å². The maximum Gasteiger partial charge on any atom is 0.243 e. The number of thioether (sulfide) groups is 1. The first-order valence-corrected chi connectivity index (χ1v) is 12.8. The topological polar surface area (TPSA) is 92.3 Å². The van der Waals surface area contributed by atoms with Gasteiger partial charge in [-0.25, -0.2) is 8.42 Å². The number of anilines is 1. The van der Waals surface area contributed by atoms with Crippen molar-refractivity contribution in [2.75, 3.05) is 24.2 Å². The molecule has 1 aliphatic rings. The normalized spacial score (nSPS) is 18.1. The molecule has 1 atom stereocenters. The van der Waals surface area contributed by atoms with Crippen molar-refractivity contribution in [2.45, 2.75) is 42.8 Å². The van der Waals surface area contributed by atoms with E-state index in [1.165, 1.54) is 15.6 Å². The third-order valence-corrected chi connectivity index (χ3v) is 8.87. The maximum absolute atomic E-state index is 12.9. The summed E-state index contributed by atoms with van der Waals surface area (Å²) >= 11 is 2.97. The molecule has 1 aromatic heterocycles. The van der Waals surface area contributed by atoms with Gasteiger partial charge >= 0.3 is 0 Å². The summed E-state index contributed by atoms with van der Waals surface area (Å²) in [6.45, 7) is 6.79. The number of aryl methyl sites for hydroxylation is 1. The van der Waals surface area contributed by atoms with Gasteiger partial charge in [-0.2, -0.15) is 4.31 Å². The van der Waals surface area contributed by atoms with Crippen LogP contribution in [0.1, 0.15) is 32.3 Å². The molecular weight excluding hydrogens is 428 g/mol. The summed E-state index contributed by atoms with van der Waals surface area (Å²) < 4.78 is 28.1. The highest BCUT2D eigenvalue weighted by molar-refractivity contribution is 8.01. The van der Waals surface area contributed by atoms with Crippen molar-refractivity contribution in [3.63, 3.8) is 0 Å². The van der Waals surface area contributed by atoms with Crippen molar-refractivity contribution in [1.29, 1.82) is 0 Å². The highest BCUT2D eigenvalue weighted by Crippen LogP contribution is 2.29. The van der Waals surface area contributed by atoms with E-state index in [0.717, 1.165) is 15.7 Å². The van der Waals surface area contributed by atoms with Crippen LogP contribution in [-0.2, 0) is 14.8 Å². The van der Waals surface area contributed by atoms with E-state index < -0.39 is 15.9 Å². The maximum atomic E-state index is 12.9. The van der Waals surface area contributed by atoms with Gasteiger partial charge in [0.2, 0.25) is 21.1 Å². The summed E-state index contributed by atoms with van der Waals surface area (Å²) in [5, 5.41) is 11.4. The summed E-state index contributed by atoms with van der Waals surface area (Å²) in [6.07, 6.45) is 1.30. The van der Waals surface area contributed by atoms with Gasteiger partial charge in [0.05, 0.1) is 10.8 Å². The van der Waals surface area contributed by atoms with Gasteiger partial charge in [-0.3, -0.25) is 4.79 Å². The number of carbonyl (C=O) groups excluding carboxylic acids is 1. The zero-order valence-corrected chi connectivity index (χ0v) is 19.2. The Morgan fingerprint density at radius 3 is 2.72 bits per heavy atom. The molecule has 0 spiro atoms. The molecule has 0 bridgehead atoms. The van der Waals surface area contributed by atoms with Gasteiger partial charge in [0.1, 0.15) is 0 Å². The molecule has 0 radical (unpaired) electrons. The molecule has 29 heavy (non-hydrogen) atoms. The zero-order valence-electron chi connectivity index (χ0n) is 16.8. The Kier molecular flexibility index (Phi) is 7.31. The van der Waals surface area contributed by atoms with Gasteiger partial charge in [0.25, 0.3) is 0 Å². The fourth-order valence-electron chi connectivity index (χ4n) is 3.00. The lowest BCUT2D eigenvalue weighted by Crippen LogP contribution is -2.43. The lowest BCUT2D eigenvalue weighted by Gasteiger charge is -2.31. The van der Waals surface area contributed by atoms with Crippen LogP contribution in [-0.4, -0.2) is 47.7 Å². The van der Waals surface area contributed by atoms with Gasteiger partial charge in [-0.05, 0) is 37.8 Å². The summed E-state index contributed by atoms with van der Waals surface area (Å²) in [7, 11) is -3.60. The van der Waals surface area contributed by atoms with E-state index >= 15 is 0 Å². The number of nitrogens with one attached hydrogen (secondary N) is 1. The predicted molar refractivity (Wildman–Crippen MR) is 117 cm³/mol. The molecule has 158 valence electrons. The fraction of sp³-hybridized carbons (Fsp3) is 0.526. The number of rotatable bonds is 7. The fourth-order valence-corrected chi connectivity index (χ4v) is 6.25. The summed E-state index contributed by atoms with van der Waals surface area (Å²) in [4.78, 5) is 13.0. The van der Waals surface area contributed by atoms with E-state index in [1.807, 2.05) is 6.92 Å². The number of nitrogens with zero attached hydrogens (tertiary/aromatic N) is 3. The number of aromatic nitrogens is 2. The summed E-state index contributed by atoms with van der Waals surface area (Å²) in [5.41, 5.74) is 1.00. The Labute approximate surface area is 180 Å². The number of sulfonamides is 1. The van der Waals surface area contributed by atoms with Crippen molar-refractivity contribution in [1.82, 2.24) is 14.5 Å². The van der Waals surface area contributed by atoms with Crippen LogP contribution >= 0.6 is 23.1 Å². The molecule has 1 amide bonds. The molecule has 1 saturated heterocycles. The average Bonchev–Trinajstić information content (AvgIpc) is 3.14. The minimum absolute atomic E-state index is 0.176. The minimum Gasteiger partial charge on any atom is -0.300 e. The van der Waals surface area contributed by atoms with Gasteiger partial charge in [-0.1, -0.05) is 54.6 Å². The molecule has 1 N–H and O–H groups in total. The SMILES string of the molecule is Cc1ccc(S(=O)(=O)N2CCC[C@H](C(=O)Nc3nnc(SCC(C)C)s3)C2)cc1. The number of benzene rings is 1. The van der Waals surface area contributed by atoms with Crippen molar-refractivity contribution >= 4 is 44.2 Å². The van der Waals surface area contributed by atoms with Crippen LogP contribution < -0.4 is 5.32 Å². The van der Waals surface area contributed by atoms with E-state index in [9.17, 15) is 13.2 Å². The molecule has 10 heteroatoms. The highest BCUT2D eigenvalue weighted by atomic mass is 32.2. The minimum atomic E-state index is -3.60. The smallest absolute Gasteiger partial charge is 0.243 e. The molecule has 1 aliphatic heterocycles. The Balaban J connectivity index is 1.63. The lowest BCUT2D eigenvalue weighted by atomic mass is 9.99. The molecule has 7 nitrogen and oxygen atoms in total. The predicted octanol–water partition coefficient (Wildman–Crippen LogP) is 3.63. The zero-order chi connectivity index (χ0) is 21.0. The third-order valence-electron chi connectivity index (χ3n) is 4.59.